The third-order valence-electron chi connectivity index (χ3n) is 3.47. The van der Waals surface area contributed by atoms with Gasteiger partial charge in [0, 0.05) is 13.1 Å². The van der Waals surface area contributed by atoms with Crippen molar-refractivity contribution < 1.29 is 26.3 Å². The number of nitrogens with zero attached hydrogens (tertiary/aromatic N) is 3. The van der Waals surface area contributed by atoms with Crippen molar-refractivity contribution >= 4 is 5.82 Å². The Hall–Kier alpha value is -1.98. The van der Waals surface area contributed by atoms with Crippen LogP contribution < -0.4 is 4.90 Å². The summed E-state index contributed by atoms with van der Waals surface area (Å²) >= 11 is 0. The molecule has 9 heteroatoms. The van der Waals surface area contributed by atoms with Crippen molar-refractivity contribution in [1.82, 2.24) is 4.98 Å². The maximum absolute atomic E-state index is 12.8. The lowest BCUT2D eigenvalue weighted by atomic mass is 9.97. The molecule has 0 spiro atoms. The molecule has 0 saturated carbocycles. The molecule has 1 atom stereocenters. The van der Waals surface area contributed by atoms with Crippen LogP contribution in [0.15, 0.2) is 12.1 Å². The van der Waals surface area contributed by atoms with E-state index in [0.717, 1.165) is 11.0 Å². The van der Waals surface area contributed by atoms with Crippen molar-refractivity contribution in [2.75, 3.05) is 18.0 Å². The summed E-state index contributed by atoms with van der Waals surface area (Å²) in [5, 5.41) is 8.95. The topological polar surface area (TPSA) is 39.9 Å². The van der Waals surface area contributed by atoms with E-state index in [9.17, 15) is 26.3 Å². The summed E-state index contributed by atoms with van der Waals surface area (Å²) < 4.78 is 76.4. The summed E-state index contributed by atoms with van der Waals surface area (Å²) in [6.07, 6.45) is -9.05. The van der Waals surface area contributed by atoms with Gasteiger partial charge in [0.05, 0.1) is 11.5 Å². The number of anilines is 1. The number of halogens is 6. The second-order valence-corrected chi connectivity index (χ2v) is 5.00. The van der Waals surface area contributed by atoms with Crippen LogP contribution >= 0.6 is 0 Å². The van der Waals surface area contributed by atoms with Gasteiger partial charge in [-0.1, -0.05) is 0 Å². The lowest BCUT2D eigenvalue weighted by molar-refractivity contribution is -0.176. The standard InChI is InChI=1S/C13H11F6N3/c14-12(15,16)9-2-1-5-22(7-9)11-8(6-20)3-4-10(21-11)13(17,18)19/h3-4,9H,1-2,5,7H2/t9-/m0/s1. The van der Waals surface area contributed by atoms with Gasteiger partial charge >= 0.3 is 12.4 Å². The maximum atomic E-state index is 12.8. The van der Waals surface area contributed by atoms with Crippen molar-refractivity contribution in [3.8, 4) is 6.07 Å². The van der Waals surface area contributed by atoms with Crippen LogP contribution in [0.2, 0.25) is 0 Å². The molecule has 0 aromatic carbocycles. The zero-order chi connectivity index (χ0) is 16.5. The number of hydrogen-bond donors (Lipinski definition) is 0. The van der Waals surface area contributed by atoms with Crippen LogP contribution in [0.1, 0.15) is 24.1 Å². The molecule has 0 amide bonds. The van der Waals surface area contributed by atoms with Gasteiger partial charge < -0.3 is 4.90 Å². The minimum atomic E-state index is -4.72. The summed E-state index contributed by atoms with van der Waals surface area (Å²) in [4.78, 5) is 4.47. The molecule has 120 valence electrons. The summed E-state index contributed by atoms with van der Waals surface area (Å²) in [5.41, 5.74) is -1.40. The molecule has 2 rings (SSSR count). The first-order valence-corrected chi connectivity index (χ1v) is 6.43. The van der Waals surface area contributed by atoms with Crippen LogP contribution in [0.3, 0.4) is 0 Å². The highest BCUT2D eigenvalue weighted by molar-refractivity contribution is 5.55. The largest absolute Gasteiger partial charge is 0.433 e. The van der Waals surface area contributed by atoms with Crippen molar-refractivity contribution in [1.29, 1.82) is 5.26 Å². The van der Waals surface area contributed by atoms with Gasteiger partial charge in [-0.25, -0.2) is 4.98 Å². The van der Waals surface area contributed by atoms with E-state index in [1.165, 1.54) is 0 Å². The molecule has 1 fully saturated rings. The third-order valence-corrected chi connectivity index (χ3v) is 3.47. The van der Waals surface area contributed by atoms with E-state index in [4.69, 9.17) is 5.26 Å². The summed E-state index contributed by atoms with van der Waals surface area (Å²) in [6.45, 7) is -0.359. The van der Waals surface area contributed by atoms with E-state index < -0.39 is 30.5 Å². The number of alkyl halides is 6. The molecule has 0 unspecified atom stereocenters. The molecule has 1 aromatic heterocycles. The Kier molecular flexibility index (Phi) is 4.22. The van der Waals surface area contributed by atoms with E-state index in [1.54, 1.807) is 6.07 Å². The second kappa shape index (κ2) is 5.66. The fraction of sp³-hybridized carbons (Fsp3) is 0.538. The molecule has 1 aromatic rings. The van der Waals surface area contributed by atoms with Gasteiger partial charge in [-0.2, -0.15) is 31.6 Å². The van der Waals surface area contributed by atoms with Crippen LogP contribution in [0.5, 0.6) is 0 Å². The predicted molar refractivity (Wildman–Crippen MR) is 64.9 cm³/mol. The Morgan fingerprint density at radius 1 is 1.18 bits per heavy atom. The first kappa shape index (κ1) is 16.4. The normalized spacial score (nSPS) is 19.9. The zero-order valence-corrected chi connectivity index (χ0v) is 11.2. The SMILES string of the molecule is N#Cc1ccc(C(F)(F)F)nc1N1CCC[C@H](C(F)(F)F)C1. The number of aromatic nitrogens is 1. The Balaban J connectivity index is 2.36. The average Bonchev–Trinajstić information content (AvgIpc) is 2.45. The Morgan fingerprint density at radius 3 is 2.41 bits per heavy atom. The van der Waals surface area contributed by atoms with E-state index in [0.29, 0.717) is 6.07 Å². The van der Waals surface area contributed by atoms with Crippen molar-refractivity contribution in [2.24, 2.45) is 5.92 Å². The monoisotopic (exact) mass is 323 g/mol. The molecule has 2 heterocycles. The number of nitriles is 1. The van der Waals surface area contributed by atoms with Gasteiger partial charge in [-0.05, 0) is 25.0 Å². The van der Waals surface area contributed by atoms with Gasteiger partial charge in [-0.3, -0.25) is 0 Å². The van der Waals surface area contributed by atoms with Gasteiger partial charge in [-0.15, -0.1) is 0 Å². The Morgan fingerprint density at radius 2 is 1.86 bits per heavy atom. The molecule has 0 bridgehead atoms. The van der Waals surface area contributed by atoms with Crippen LogP contribution in [0.25, 0.3) is 0 Å². The van der Waals surface area contributed by atoms with Crippen LogP contribution in [-0.2, 0) is 6.18 Å². The molecule has 1 aliphatic rings. The minimum absolute atomic E-state index is 0.0825. The first-order chi connectivity index (χ1) is 10.1. The summed E-state index contributed by atoms with van der Waals surface area (Å²) in [6, 6.07) is 3.25. The van der Waals surface area contributed by atoms with E-state index >= 15 is 0 Å². The highest BCUT2D eigenvalue weighted by Gasteiger charge is 2.42. The fourth-order valence-corrected chi connectivity index (χ4v) is 2.37. The number of piperidine rings is 1. The van der Waals surface area contributed by atoms with Gasteiger partial charge in [0.2, 0.25) is 0 Å². The predicted octanol–water partition coefficient (Wildman–Crippen LogP) is 3.75. The quantitative estimate of drug-likeness (QED) is 0.739. The second-order valence-electron chi connectivity index (χ2n) is 5.00. The number of rotatable bonds is 1. The highest BCUT2D eigenvalue weighted by Crippen LogP contribution is 2.36. The fourth-order valence-electron chi connectivity index (χ4n) is 2.37. The van der Waals surface area contributed by atoms with Crippen molar-refractivity contribution in [3.05, 3.63) is 23.4 Å². The number of hydrogen-bond acceptors (Lipinski definition) is 3. The molecule has 22 heavy (non-hydrogen) atoms. The van der Waals surface area contributed by atoms with Gasteiger partial charge in [0.1, 0.15) is 17.6 Å². The van der Waals surface area contributed by atoms with Crippen LogP contribution in [0.4, 0.5) is 32.2 Å². The van der Waals surface area contributed by atoms with Crippen molar-refractivity contribution in [3.63, 3.8) is 0 Å². The van der Waals surface area contributed by atoms with Gasteiger partial charge in [0.15, 0.2) is 0 Å². The average molecular weight is 323 g/mol. The highest BCUT2D eigenvalue weighted by atomic mass is 19.4. The minimum Gasteiger partial charge on any atom is -0.355 e. The maximum Gasteiger partial charge on any atom is 0.433 e. The summed E-state index contributed by atoms with van der Waals surface area (Å²) in [5.74, 6) is -1.98. The lowest BCUT2D eigenvalue weighted by Crippen LogP contribution is -2.42. The Bertz CT molecular complexity index is 587. The summed E-state index contributed by atoms with van der Waals surface area (Å²) in [7, 11) is 0. The van der Waals surface area contributed by atoms with E-state index in [-0.39, 0.29) is 30.8 Å². The molecule has 0 aliphatic carbocycles. The van der Waals surface area contributed by atoms with Crippen LogP contribution in [0, 0.1) is 17.2 Å². The smallest absolute Gasteiger partial charge is 0.355 e. The first-order valence-electron chi connectivity index (χ1n) is 6.43. The van der Waals surface area contributed by atoms with Gasteiger partial charge in [0.25, 0.3) is 0 Å². The third kappa shape index (κ3) is 3.43. The Labute approximate surface area is 122 Å². The molecule has 0 radical (unpaired) electrons. The molecule has 1 saturated heterocycles. The molecular weight excluding hydrogens is 312 g/mol. The molecule has 3 nitrogen and oxygen atoms in total. The van der Waals surface area contributed by atoms with Crippen molar-refractivity contribution in [2.45, 2.75) is 25.2 Å². The van der Waals surface area contributed by atoms with E-state index in [2.05, 4.69) is 4.98 Å². The number of pyridine rings is 1. The molecule has 0 N–H and O–H groups in total. The lowest BCUT2D eigenvalue weighted by Gasteiger charge is -2.35. The molecule has 1 aliphatic heterocycles. The molecular formula is C13H11F6N3. The zero-order valence-electron chi connectivity index (χ0n) is 11.2. The van der Waals surface area contributed by atoms with E-state index in [1.807, 2.05) is 0 Å². The van der Waals surface area contributed by atoms with Crippen LogP contribution in [-0.4, -0.2) is 24.2 Å².